The standard InChI is InChI=1S/C26H32N7O6P/c1-16(24(35)37-26(2,3)4)31-40(39-20-11-7-9-17-8-5-6-10-19(17)20)36-14-18-12-13-33(38-18)32-15-28-21-22(32)29-25(27)30-23(21)34/h5-11,15-16,18,31H,12-14H2,1-4H3,(H3,27,29,30,34). The van der Waals surface area contributed by atoms with Gasteiger partial charge >= 0.3 is 14.5 Å². The summed E-state index contributed by atoms with van der Waals surface area (Å²) in [5.41, 5.74) is 5.10. The van der Waals surface area contributed by atoms with E-state index in [1.165, 1.54) is 6.33 Å². The average Bonchev–Trinajstić information content (AvgIpc) is 3.53. The molecule has 0 radical (unpaired) electrons. The molecular weight excluding hydrogens is 537 g/mol. The van der Waals surface area contributed by atoms with Crippen LogP contribution in [0.1, 0.15) is 34.1 Å². The maximum atomic E-state index is 12.7. The molecule has 40 heavy (non-hydrogen) atoms. The summed E-state index contributed by atoms with van der Waals surface area (Å²) in [5.74, 6) is 0.197. The fourth-order valence-electron chi connectivity index (χ4n) is 4.09. The van der Waals surface area contributed by atoms with Gasteiger partial charge in [0.15, 0.2) is 11.2 Å². The molecule has 1 saturated heterocycles. The number of nitrogens with two attached hydrogens (primary N) is 1. The first-order valence-electron chi connectivity index (χ1n) is 12.8. The van der Waals surface area contributed by atoms with Crippen molar-refractivity contribution in [1.29, 1.82) is 0 Å². The number of hydrogen-bond acceptors (Lipinski definition) is 11. The van der Waals surface area contributed by atoms with Gasteiger partial charge < -0.3 is 19.5 Å². The predicted molar refractivity (Wildman–Crippen MR) is 151 cm³/mol. The number of aromatic nitrogens is 4. The molecule has 5 rings (SSSR count). The number of nitrogens with zero attached hydrogens (tertiary/aromatic N) is 4. The second-order valence-electron chi connectivity index (χ2n) is 10.3. The number of rotatable bonds is 9. The van der Waals surface area contributed by atoms with Gasteiger partial charge in [0.2, 0.25) is 5.95 Å². The van der Waals surface area contributed by atoms with Crippen LogP contribution in [0.15, 0.2) is 53.6 Å². The lowest BCUT2D eigenvalue weighted by Gasteiger charge is -2.26. The van der Waals surface area contributed by atoms with Crippen LogP contribution in [0.3, 0.4) is 0 Å². The third-order valence-electron chi connectivity index (χ3n) is 5.93. The van der Waals surface area contributed by atoms with Crippen LogP contribution < -0.4 is 26.1 Å². The third kappa shape index (κ3) is 6.34. The van der Waals surface area contributed by atoms with Crippen molar-refractivity contribution in [1.82, 2.24) is 24.7 Å². The molecule has 14 heteroatoms. The van der Waals surface area contributed by atoms with Gasteiger partial charge in [-0.15, -0.1) is 0 Å². The summed E-state index contributed by atoms with van der Waals surface area (Å²) in [6.07, 6.45) is 1.74. The number of carbonyl (C=O) groups excluding carboxylic acids is 1. The van der Waals surface area contributed by atoms with Crippen molar-refractivity contribution in [2.45, 2.75) is 51.9 Å². The Morgan fingerprint density at radius 3 is 2.85 bits per heavy atom. The van der Waals surface area contributed by atoms with Crippen molar-refractivity contribution in [3.63, 3.8) is 0 Å². The highest BCUT2D eigenvalue weighted by atomic mass is 31.2. The largest absolute Gasteiger partial charge is 0.459 e. The number of hydrogen-bond donors (Lipinski definition) is 3. The number of hydroxylamine groups is 1. The number of nitrogen functional groups attached to an aromatic ring is 1. The van der Waals surface area contributed by atoms with E-state index in [0.717, 1.165) is 10.8 Å². The topological polar surface area (TPSA) is 159 Å². The smallest absolute Gasteiger partial charge is 0.323 e. The normalized spacial score (nSPS) is 17.3. The lowest BCUT2D eigenvalue weighted by atomic mass is 10.1. The van der Waals surface area contributed by atoms with Crippen LogP contribution in [0.25, 0.3) is 21.9 Å². The lowest BCUT2D eigenvalue weighted by Crippen LogP contribution is -2.38. The van der Waals surface area contributed by atoms with Gasteiger partial charge in [0.05, 0.1) is 13.2 Å². The number of carbonyl (C=O) groups is 1. The van der Waals surface area contributed by atoms with Crippen LogP contribution >= 0.6 is 8.53 Å². The Morgan fingerprint density at radius 2 is 2.05 bits per heavy atom. The maximum Gasteiger partial charge on any atom is 0.323 e. The first kappa shape index (κ1) is 27.8. The summed E-state index contributed by atoms with van der Waals surface area (Å²) in [7, 11) is -1.78. The number of anilines is 1. The van der Waals surface area contributed by atoms with Crippen LogP contribution in [-0.4, -0.2) is 56.5 Å². The van der Waals surface area contributed by atoms with Gasteiger partial charge in [-0.25, -0.2) is 14.7 Å². The van der Waals surface area contributed by atoms with Crippen molar-refractivity contribution >= 4 is 42.4 Å². The number of benzene rings is 2. The third-order valence-corrected chi connectivity index (χ3v) is 7.27. The molecule has 3 heterocycles. The summed E-state index contributed by atoms with van der Waals surface area (Å²) in [6, 6.07) is 12.9. The Hall–Kier alpha value is -3.77. The van der Waals surface area contributed by atoms with E-state index >= 15 is 0 Å². The molecule has 13 nitrogen and oxygen atoms in total. The SMILES string of the molecule is CC(NP(OCC1CCN(n2cnc3c(=O)[nH]c(N)nc32)O1)Oc1cccc2ccccc12)C(=O)OC(C)(C)C. The lowest BCUT2D eigenvalue weighted by molar-refractivity contribution is -0.156. The molecule has 4 aromatic rings. The van der Waals surface area contributed by atoms with Crippen molar-refractivity contribution in [2.24, 2.45) is 0 Å². The summed E-state index contributed by atoms with van der Waals surface area (Å²) in [5, 5.41) is 6.65. The molecule has 4 N–H and O–H groups in total. The molecule has 1 fully saturated rings. The van der Waals surface area contributed by atoms with Crippen LogP contribution in [-0.2, 0) is 18.9 Å². The number of imidazole rings is 1. The second-order valence-corrected chi connectivity index (χ2v) is 11.5. The van der Waals surface area contributed by atoms with Gasteiger partial charge in [0.1, 0.15) is 29.8 Å². The molecule has 0 aliphatic carbocycles. The molecular formula is C26H32N7O6P. The van der Waals surface area contributed by atoms with Crippen molar-refractivity contribution in [3.05, 3.63) is 59.1 Å². The molecule has 2 aromatic carbocycles. The maximum absolute atomic E-state index is 12.7. The summed E-state index contributed by atoms with van der Waals surface area (Å²) >= 11 is 0. The average molecular weight is 570 g/mol. The van der Waals surface area contributed by atoms with E-state index in [9.17, 15) is 9.59 Å². The quantitative estimate of drug-likeness (QED) is 0.201. The number of aromatic amines is 1. The number of esters is 1. The zero-order chi connectivity index (χ0) is 28.4. The Balaban J connectivity index is 1.29. The minimum Gasteiger partial charge on any atom is -0.459 e. The molecule has 3 atom stereocenters. The van der Waals surface area contributed by atoms with Crippen molar-refractivity contribution in [2.75, 3.05) is 24.1 Å². The van der Waals surface area contributed by atoms with E-state index in [-0.39, 0.29) is 29.8 Å². The molecule has 1 aliphatic rings. The Bertz CT molecular complexity index is 1560. The van der Waals surface area contributed by atoms with Crippen LogP contribution in [0.2, 0.25) is 0 Å². The zero-order valence-corrected chi connectivity index (χ0v) is 23.6. The second kappa shape index (κ2) is 11.4. The highest BCUT2D eigenvalue weighted by Gasteiger charge is 2.30. The molecule has 0 amide bonds. The van der Waals surface area contributed by atoms with E-state index in [1.807, 2.05) is 63.2 Å². The van der Waals surface area contributed by atoms with E-state index in [0.29, 0.717) is 18.7 Å². The van der Waals surface area contributed by atoms with Crippen LogP contribution in [0.5, 0.6) is 5.75 Å². The fourth-order valence-corrected chi connectivity index (χ4v) is 5.33. The molecule has 0 bridgehead atoms. The first-order valence-corrected chi connectivity index (χ1v) is 14.0. The fraction of sp³-hybridized carbons (Fsp3) is 0.385. The predicted octanol–water partition coefficient (Wildman–Crippen LogP) is 3.14. The number of H-pyrrole nitrogens is 1. The van der Waals surface area contributed by atoms with Gasteiger partial charge in [-0.05, 0) is 39.1 Å². The first-order chi connectivity index (χ1) is 19.1. The minimum absolute atomic E-state index is 0.0141. The molecule has 3 unspecified atom stereocenters. The van der Waals surface area contributed by atoms with Crippen molar-refractivity contribution in [3.8, 4) is 5.75 Å². The van der Waals surface area contributed by atoms with Gasteiger partial charge in [-0.2, -0.15) is 10.2 Å². The highest BCUT2D eigenvalue weighted by molar-refractivity contribution is 7.45. The van der Waals surface area contributed by atoms with Gasteiger partial charge in [0, 0.05) is 11.8 Å². The van der Waals surface area contributed by atoms with Gasteiger partial charge in [0.25, 0.3) is 5.56 Å². The Labute approximate surface area is 231 Å². The Kier molecular flexibility index (Phi) is 7.90. The molecule has 1 aliphatic heterocycles. The molecule has 212 valence electrons. The monoisotopic (exact) mass is 569 g/mol. The highest BCUT2D eigenvalue weighted by Crippen LogP contribution is 2.40. The number of fused-ring (bicyclic) bond motifs is 2. The van der Waals surface area contributed by atoms with Crippen molar-refractivity contribution < 1.29 is 23.4 Å². The summed E-state index contributed by atoms with van der Waals surface area (Å²) in [6.45, 7) is 7.82. The zero-order valence-electron chi connectivity index (χ0n) is 22.7. The number of nitrogens with one attached hydrogen (secondary N) is 2. The molecule has 0 saturated carbocycles. The molecule has 2 aromatic heterocycles. The summed E-state index contributed by atoms with van der Waals surface area (Å²) in [4.78, 5) is 41.6. The van der Waals surface area contributed by atoms with Gasteiger partial charge in [-0.3, -0.25) is 19.4 Å². The van der Waals surface area contributed by atoms with E-state index in [2.05, 4.69) is 20.0 Å². The Morgan fingerprint density at radius 1 is 1.27 bits per heavy atom. The number of ether oxygens (including phenoxy) is 1. The molecule has 0 spiro atoms. The van der Waals surface area contributed by atoms with E-state index in [1.54, 1.807) is 16.8 Å². The van der Waals surface area contributed by atoms with Crippen LogP contribution in [0.4, 0.5) is 5.95 Å². The van der Waals surface area contributed by atoms with Gasteiger partial charge in [-0.1, -0.05) is 36.4 Å². The summed E-state index contributed by atoms with van der Waals surface area (Å²) < 4.78 is 19.5. The van der Waals surface area contributed by atoms with E-state index < -0.39 is 31.7 Å². The van der Waals surface area contributed by atoms with Crippen LogP contribution in [0, 0.1) is 0 Å². The van der Waals surface area contributed by atoms with E-state index in [4.69, 9.17) is 24.4 Å². The minimum atomic E-state index is -1.78.